The number of ketones is 1. The number of rotatable bonds is 3. The van der Waals surface area contributed by atoms with Crippen molar-refractivity contribution >= 4 is 21.7 Å². The zero-order valence-electron chi connectivity index (χ0n) is 7.46. The fourth-order valence-corrected chi connectivity index (χ4v) is 1.49. The van der Waals surface area contributed by atoms with Gasteiger partial charge in [0, 0.05) is 4.47 Å². The van der Waals surface area contributed by atoms with E-state index < -0.39 is 6.04 Å². The summed E-state index contributed by atoms with van der Waals surface area (Å²) in [6.07, 6.45) is 0.594. The van der Waals surface area contributed by atoms with Crippen molar-refractivity contribution in [1.82, 2.24) is 0 Å². The molecule has 0 spiro atoms. The van der Waals surface area contributed by atoms with Crippen LogP contribution >= 0.6 is 15.9 Å². The summed E-state index contributed by atoms with van der Waals surface area (Å²) in [6, 6.07) is 7.40. The van der Waals surface area contributed by atoms with Gasteiger partial charge in [0.1, 0.15) is 5.78 Å². The SMILES string of the molecule is CC(=O)C(N)Cc1ccccc1Br. The van der Waals surface area contributed by atoms with Crippen molar-refractivity contribution in [3.05, 3.63) is 34.3 Å². The van der Waals surface area contributed by atoms with E-state index in [0.29, 0.717) is 6.42 Å². The fourth-order valence-electron chi connectivity index (χ4n) is 1.04. The molecule has 1 aromatic carbocycles. The second kappa shape index (κ2) is 4.53. The van der Waals surface area contributed by atoms with E-state index in [1.807, 2.05) is 24.3 Å². The molecule has 0 radical (unpaired) electrons. The highest BCUT2D eigenvalue weighted by atomic mass is 79.9. The molecular formula is C10H12BrNO. The predicted molar refractivity (Wildman–Crippen MR) is 56.5 cm³/mol. The average Bonchev–Trinajstić information content (AvgIpc) is 2.08. The normalized spacial score (nSPS) is 12.5. The number of halogens is 1. The summed E-state index contributed by atoms with van der Waals surface area (Å²) in [5.74, 6) is 0.0238. The Kier molecular flexibility index (Phi) is 3.63. The maximum absolute atomic E-state index is 10.9. The van der Waals surface area contributed by atoms with Crippen LogP contribution in [-0.2, 0) is 11.2 Å². The first-order chi connectivity index (χ1) is 6.11. The lowest BCUT2D eigenvalue weighted by Gasteiger charge is -2.08. The third kappa shape index (κ3) is 2.94. The van der Waals surface area contributed by atoms with Crippen LogP contribution in [0.15, 0.2) is 28.7 Å². The molecule has 1 atom stereocenters. The Morgan fingerprint density at radius 3 is 2.69 bits per heavy atom. The summed E-state index contributed by atoms with van der Waals surface area (Å²) in [4.78, 5) is 10.9. The van der Waals surface area contributed by atoms with E-state index in [9.17, 15) is 4.79 Å². The molecule has 2 N–H and O–H groups in total. The molecule has 0 aliphatic rings. The summed E-state index contributed by atoms with van der Waals surface area (Å²) in [6.45, 7) is 1.52. The number of Topliss-reactive ketones (excluding diaryl/α,β-unsaturated/α-hetero) is 1. The first-order valence-corrected chi connectivity index (χ1v) is 4.90. The number of carbonyl (C=O) groups excluding carboxylic acids is 1. The van der Waals surface area contributed by atoms with Crippen LogP contribution < -0.4 is 5.73 Å². The molecule has 0 aliphatic carbocycles. The lowest BCUT2D eigenvalue weighted by Crippen LogP contribution is -2.30. The second-order valence-electron chi connectivity index (χ2n) is 3.01. The Hall–Kier alpha value is -0.670. The molecular weight excluding hydrogens is 230 g/mol. The minimum atomic E-state index is -0.390. The van der Waals surface area contributed by atoms with Gasteiger partial charge in [-0.2, -0.15) is 0 Å². The van der Waals surface area contributed by atoms with Gasteiger partial charge in [0.2, 0.25) is 0 Å². The Labute approximate surface area is 86.3 Å². The molecule has 0 aliphatic heterocycles. The van der Waals surface area contributed by atoms with Crippen LogP contribution in [0.25, 0.3) is 0 Å². The van der Waals surface area contributed by atoms with Gasteiger partial charge in [-0.1, -0.05) is 34.1 Å². The molecule has 1 aromatic rings. The fraction of sp³-hybridized carbons (Fsp3) is 0.300. The summed E-state index contributed by atoms with van der Waals surface area (Å²) in [5, 5.41) is 0. The van der Waals surface area contributed by atoms with E-state index >= 15 is 0 Å². The molecule has 0 saturated carbocycles. The van der Waals surface area contributed by atoms with Crippen LogP contribution in [0.3, 0.4) is 0 Å². The van der Waals surface area contributed by atoms with E-state index in [1.165, 1.54) is 6.92 Å². The van der Waals surface area contributed by atoms with Crippen LogP contribution in [0.1, 0.15) is 12.5 Å². The standard InChI is InChI=1S/C10H12BrNO/c1-7(13)10(12)6-8-4-2-3-5-9(8)11/h2-5,10H,6,12H2,1H3. The van der Waals surface area contributed by atoms with Crippen LogP contribution in [0, 0.1) is 0 Å². The molecule has 0 bridgehead atoms. The van der Waals surface area contributed by atoms with Gasteiger partial charge in [-0.05, 0) is 25.0 Å². The van der Waals surface area contributed by atoms with Gasteiger partial charge in [-0.25, -0.2) is 0 Å². The number of nitrogens with two attached hydrogens (primary N) is 1. The summed E-state index contributed by atoms with van der Waals surface area (Å²) in [5.41, 5.74) is 6.72. The Morgan fingerprint density at radius 2 is 2.15 bits per heavy atom. The maximum atomic E-state index is 10.9. The molecule has 1 rings (SSSR count). The first kappa shape index (κ1) is 10.4. The van der Waals surface area contributed by atoms with Crippen LogP contribution in [0.4, 0.5) is 0 Å². The Morgan fingerprint density at radius 1 is 1.54 bits per heavy atom. The largest absolute Gasteiger partial charge is 0.321 e. The highest BCUT2D eigenvalue weighted by Crippen LogP contribution is 2.17. The molecule has 70 valence electrons. The van der Waals surface area contributed by atoms with Gasteiger partial charge in [0.25, 0.3) is 0 Å². The minimum Gasteiger partial charge on any atom is -0.321 e. The number of benzene rings is 1. The zero-order chi connectivity index (χ0) is 9.84. The summed E-state index contributed by atoms with van der Waals surface area (Å²) < 4.78 is 1.01. The molecule has 2 nitrogen and oxygen atoms in total. The van der Waals surface area contributed by atoms with Gasteiger partial charge < -0.3 is 5.73 Å². The average molecular weight is 242 g/mol. The lowest BCUT2D eigenvalue weighted by atomic mass is 10.0. The van der Waals surface area contributed by atoms with Crippen molar-refractivity contribution < 1.29 is 4.79 Å². The van der Waals surface area contributed by atoms with Gasteiger partial charge in [-0.15, -0.1) is 0 Å². The first-order valence-electron chi connectivity index (χ1n) is 4.10. The third-order valence-electron chi connectivity index (χ3n) is 1.92. The smallest absolute Gasteiger partial charge is 0.146 e. The molecule has 1 unspecified atom stereocenters. The topological polar surface area (TPSA) is 43.1 Å². The lowest BCUT2D eigenvalue weighted by molar-refractivity contribution is -0.118. The summed E-state index contributed by atoms with van der Waals surface area (Å²) >= 11 is 3.41. The molecule has 0 heterocycles. The number of hydrogen-bond acceptors (Lipinski definition) is 2. The van der Waals surface area contributed by atoms with Crippen molar-refractivity contribution in [2.24, 2.45) is 5.73 Å². The van der Waals surface area contributed by atoms with Crippen LogP contribution in [0.5, 0.6) is 0 Å². The van der Waals surface area contributed by atoms with E-state index in [0.717, 1.165) is 10.0 Å². The van der Waals surface area contributed by atoms with Crippen LogP contribution in [0.2, 0.25) is 0 Å². The van der Waals surface area contributed by atoms with E-state index in [4.69, 9.17) is 5.73 Å². The van der Waals surface area contributed by atoms with Crippen molar-refractivity contribution in [2.45, 2.75) is 19.4 Å². The zero-order valence-corrected chi connectivity index (χ0v) is 9.04. The highest BCUT2D eigenvalue weighted by molar-refractivity contribution is 9.10. The van der Waals surface area contributed by atoms with Crippen molar-refractivity contribution in [1.29, 1.82) is 0 Å². The monoisotopic (exact) mass is 241 g/mol. The van der Waals surface area contributed by atoms with Gasteiger partial charge in [-0.3, -0.25) is 4.79 Å². The molecule has 13 heavy (non-hydrogen) atoms. The number of hydrogen-bond donors (Lipinski definition) is 1. The predicted octanol–water partition coefficient (Wildman–Crippen LogP) is 1.91. The molecule has 0 fully saturated rings. The second-order valence-corrected chi connectivity index (χ2v) is 3.87. The quantitative estimate of drug-likeness (QED) is 0.879. The molecule has 0 saturated heterocycles. The van der Waals surface area contributed by atoms with Crippen LogP contribution in [-0.4, -0.2) is 11.8 Å². The third-order valence-corrected chi connectivity index (χ3v) is 2.69. The number of carbonyl (C=O) groups is 1. The van der Waals surface area contributed by atoms with E-state index in [-0.39, 0.29) is 5.78 Å². The Bertz CT molecular complexity index is 312. The highest BCUT2D eigenvalue weighted by Gasteiger charge is 2.10. The maximum Gasteiger partial charge on any atom is 0.146 e. The van der Waals surface area contributed by atoms with Gasteiger partial charge in [0.15, 0.2) is 0 Å². The van der Waals surface area contributed by atoms with E-state index in [1.54, 1.807) is 0 Å². The minimum absolute atomic E-state index is 0.0238. The molecule has 0 amide bonds. The van der Waals surface area contributed by atoms with Crippen molar-refractivity contribution in [3.63, 3.8) is 0 Å². The van der Waals surface area contributed by atoms with Crippen molar-refractivity contribution in [3.8, 4) is 0 Å². The molecule has 3 heteroatoms. The van der Waals surface area contributed by atoms with Gasteiger partial charge >= 0.3 is 0 Å². The van der Waals surface area contributed by atoms with Crippen molar-refractivity contribution in [2.75, 3.05) is 0 Å². The Balaban J connectivity index is 2.74. The molecule has 0 aromatic heterocycles. The van der Waals surface area contributed by atoms with E-state index in [2.05, 4.69) is 15.9 Å². The van der Waals surface area contributed by atoms with Gasteiger partial charge in [0.05, 0.1) is 6.04 Å². The summed E-state index contributed by atoms with van der Waals surface area (Å²) in [7, 11) is 0.